The van der Waals surface area contributed by atoms with Crippen LogP contribution in [-0.2, 0) is 11.3 Å². The quantitative estimate of drug-likeness (QED) is 0.717. The van der Waals surface area contributed by atoms with Gasteiger partial charge in [-0.25, -0.2) is 9.97 Å². The number of anilines is 2. The van der Waals surface area contributed by atoms with E-state index < -0.39 is 0 Å². The second kappa shape index (κ2) is 9.55. The third-order valence-corrected chi connectivity index (χ3v) is 3.49. The van der Waals surface area contributed by atoms with E-state index >= 15 is 0 Å². The maximum absolute atomic E-state index is 5.45. The van der Waals surface area contributed by atoms with Crippen molar-refractivity contribution in [1.82, 2.24) is 9.97 Å². The monoisotopic (exact) mass is 294 g/mol. The molecule has 5 nitrogen and oxygen atoms in total. The standard InChI is InChI=1S/C16H30N4O/c1-6-13(5)11-20(8-3)16-10-14(17-7-2)18-15(19-16)12-21-9-4/h10,13H,6-9,11-12H2,1-5H3,(H,17,18,19). The van der Waals surface area contributed by atoms with E-state index in [1.54, 1.807) is 0 Å². The lowest BCUT2D eigenvalue weighted by molar-refractivity contribution is 0.128. The van der Waals surface area contributed by atoms with Gasteiger partial charge >= 0.3 is 0 Å². The van der Waals surface area contributed by atoms with E-state index in [9.17, 15) is 0 Å². The third-order valence-electron chi connectivity index (χ3n) is 3.49. The van der Waals surface area contributed by atoms with Crippen molar-refractivity contribution in [2.75, 3.05) is 36.5 Å². The van der Waals surface area contributed by atoms with E-state index in [4.69, 9.17) is 4.74 Å². The van der Waals surface area contributed by atoms with Gasteiger partial charge in [-0.05, 0) is 26.7 Å². The molecule has 1 atom stereocenters. The molecule has 0 spiro atoms. The van der Waals surface area contributed by atoms with Crippen LogP contribution in [0.15, 0.2) is 6.07 Å². The topological polar surface area (TPSA) is 50.3 Å². The van der Waals surface area contributed by atoms with Crippen LogP contribution in [0, 0.1) is 5.92 Å². The number of hydrogen-bond acceptors (Lipinski definition) is 5. The summed E-state index contributed by atoms with van der Waals surface area (Å²) in [6.45, 7) is 14.7. The summed E-state index contributed by atoms with van der Waals surface area (Å²) in [6, 6.07) is 2.03. The average Bonchev–Trinajstić information content (AvgIpc) is 2.50. The Morgan fingerprint density at radius 2 is 2.00 bits per heavy atom. The van der Waals surface area contributed by atoms with Crippen molar-refractivity contribution in [1.29, 1.82) is 0 Å². The van der Waals surface area contributed by atoms with Crippen molar-refractivity contribution >= 4 is 11.6 Å². The van der Waals surface area contributed by atoms with Crippen LogP contribution >= 0.6 is 0 Å². The molecular formula is C16H30N4O. The van der Waals surface area contributed by atoms with E-state index in [2.05, 4.69) is 47.9 Å². The Balaban J connectivity index is 2.97. The number of ether oxygens (including phenoxy) is 1. The number of nitrogens with zero attached hydrogens (tertiary/aromatic N) is 3. The van der Waals surface area contributed by atoms with Crippen LogP contribution in [-0.4, -0.2) is 36.2 Å². The van der Waals surface area contributed by atoms with Gasteiger partial charge in [-0.3, -0.25) is 0 Å². The largest absolute Gasteiger partial charge is 0.374 e. The Labute approximate surface area is 129 Å². The summed E-state index contributed by atoms with van der Waals surface area (Å²) in [5.74, 6) is 3.25. The van der Waals surface area contributed by atoms with Crippen LogP contribution < -0.4 is 10.2 Å². The molecule has 0 amide bonds. The minimum absolute atomic E-state index is 0.462. The number of aromatic nitrogens is 2. The minimum atomic E-state index is 0.462. The van der Waals surface area contributed by atoms with Crippen LogP contribution in [0.25, 0.3) is 0 Å². The molecule has 1 N–H and O–H groups in total. The highest BCUT2D eigenvalue weighted by molar-refractivity contribution is 5.49. The molecule has 0 saturated heterocycles. The van der Waals surface area contributed by atoms with E-state index in [1.807, 2.05) is 13.0 Å². The smallest absolute Gasteiger partial charge is 0.158 e. The van der Waals surface area contributed by atoms with Crippen molar-refractivity contribution in [2.24, 2.45) is 5.92 Å². The summed E-state index contributed by atoms with van der Waals surface area (Å²) in [5.41, 5.74) is 0. The molecule has 120 valence electrons. The van der Waals surface area contributed by atoms with Gasteiger partial charge in [0.25, 0.3) is 0 Å². The van der Waals surface area contributed by atoms with Gasteiger partial charge in [0, 0.05) is 32.3 Å². The molecule has 0 radical (unpaired) electrons. The first-order chi connectivity index (χ1) is 10.1. The van der Waals surface area contributed by atoms with Gasteiger partial charge in [0.2, 0.25) is 0 Å². The van der Waals surface area contributed by atoms with Gasteiger partial charge < -0.3 is 15.0 Å². The van der Waals surface area contributed by atoms with Gasteiger partial charge in [0.05, 0.1) is 0 Å². The fourth-order valence-corrected chi connectivity index (χ4v) is 2.06. The van der Waals surface area contributed by atoms with Crippen LogP contribution in [0.2, 0.25) is 0 Å². The number of hydrogen-bond donors (Lipinski definition) is 1. The zero-order chi connectivity index (χ0) is 15.7. The lowest BCUT2D eigenvalue weighted by Gasteiger charge is -2.26. The molecule has 1 rings (SSSR count). The first kappa shape index (κ1) is 17.7. The summed E-state index contributed by atoms with van der Waals surface area (Å²) >= 11 is 0. The maximum Gasteiger partial charge on any atom is 0.158 e. The summed E-state index contributed by atoms with van der Waals surface area (Å²) in [7, 11) is 0. The summed E-state index contributed by atoms with van der Waals surface area (Å²) in [4.78, 5) is 11.5. The molecule has 21 heavy (non-hydrogen) atoms. The number of rotatable bonds is 10. The van der Waals surface area contributed by atoms with Gasteiger partial charge in [0.15, 0.2) is 5.82 Å². The highest BCUT2D eigenvalue weighted by Crippen LogP contribution is 2.18. The predicted octanol–water partition coefficient (Wildman–Crippen LogP) is 3.32. The Bertz CT molecular complexity index is 411. The molecule has 0 aromatic carbocycles. The van der Waals surface area contributed by atoms with Crippen molar-refractivity contribution in [3.05, 3.63) is 11.9 Å². The van der Waals surface area contributed by atoms with Crippen LogP contribution in [0.3, 0.4) is 0 Å². The predicted molar refractivity (Wildman–Crippen MR) is 88.9 cm³/mol. The van der Waals surface area contributed by atoms with Gasteiger partial charge in [-0.1, -0.05) is 20.3 Å². The summed E-state index contributed by atoms with van der Waals surface area (Å²) in [5, 5.41) is 3.28. The molecule has 1 aromatic heterocycles. The van der Waals surface area contributed by atoms with Crippen LogP contribution in [0.5, 0.6) is 0 Å². The van der Waals surface area contributed by atoms with E-state index in [1.165, 1.54) is 6.42 Å². The zero-order valence-electron chi connectivity index (χ0n) is 14.1. The molecule has 0 aliphatic heterocycles. The molecule has 1 aromatic rings. The fourth-order valence-electron chi connectivity index (χ4n) is 2.06. The molecule has 5 heteroatoms. The normalized spacial score (nSPS) is 12.2. The molecular weight excluding hydrogens is 264 g/mol. The van der Waals surface area contributed by atoms with Crippen molar-refractivity contribution in [2.45, 2.75) is 47.6 Å². The van der Waals surface area contributed by atoms with E-state index in [-0.39, 0.29) is 0 Å². The second-order valence-electron chi connectivity index (χ2n) is 5.25. The summed E-state index contributed by atoms with van der Waals surface area (Å²) in [6.07, 6.45) is 1.17. The Morgan fingerprint density at radius 1 is 1.24 bits per heavy atom. The van der Waals surface area contributed by atoms with Gasteiger partial charge in [0.1, 0.15) is 18.2 Å². The lowest BCUT2D eigenvalue weighted by atomic mass is 10.1. The molecule has 0 aliphatic carbocycles. The molecule has 0 fully saturated rings. The Morgan fingerprint density at radius 3 is 2.57 bits per heavy atom. The van der Waals surface area contributed by atoms with Gasteiger partial charge in [-0.15, -0.1) is 0 Å². The second-order valence-corrected chi connectivity index (χ2v) is 5.25. The van der Waals surface area contributed by atoms with E-state index in [0.29, 0.717) is 19.1 Å². The van der Waals surface area contributed by atoms with Crippen LogP contribution in [0.1, 0.15) is 46.9 Å². The Hall–Kier alpha value is -1.36. The zero-order valence-corrected chi connectivity index (χ0v) is 14.1. The maximum atomic E-state index is 5.45. The fraction of sp³-hybridized carbons (Fsp3) is 0.750. The molecule has 0 aliphatic rings. The third kappa shape index (κ3) is 5.87. The molecule has 1 unspecified atom stereocenters. The average molecular weight is 294 g/mol. The Kier molecular flexibility index (Phi) is 8.05. The highest BCUT2D eigenvalue weighted by atomic mass is 16.5. The highest BCUT2D eigenvalue weighted by Gasteiger charge is 2.13. The number of nitrogens with one attached hydrogen (secondary N) is 1. The van der Waals surface area contributed by atoms with Gasteiger partial charge in [-0.2, -0.15) is 0 Å². The SMILES string of the molecule is CCNc1cc(N(CC)CC(C)CC)nc(COCC)n1. The molecule has 0 bridgehead atoms. The molecule has 0 saturated carbocycles. The lowest BCUT2D eigenvalue weighted by Crippen LogP contribution is -2.29. The van der Waals surface area contributed by atoms with Crippen molar-refractivity contribution < 1.29 is 4.74 Å². The summed E-state index contributed by atoms with van der Waals surface area (Å²) < 4.78 is 5.45. The van der Waals surface area contributed by atoms with Crippen molar-refractivity contribution in [3.8, 4) is 0 Å². The first-order valence-electron chi connectivity index (χ1n) is 8.08. The minimum Gasteiger partial charge on any atom is -0.374 e. The van der Waals surface area contributed by atoms with Crippen LogP contribution in [0.4, 0.5) is 11.6 Å². The van der Waals surface area contributed by atoms with E-state index in [0.717, 1.165) is 37.1 Å². The molecule has 1 heterocycles. The van der Waals surface area contributed by atoms with Crippen molar-refractivity contribution in [3.63, 3.8) is 0 Å². The first-order valence-corrected chi connectivity index (χ1v) is 8.08.